The second kappa shape index (κ2) is 5.67. The predicted octanol–water partition coefficient (Wildman–Crippen LogP) is 1.68. The van der Waals surface area contributed by atoms with Crippen molar-refractivity contribution in [3.63, 3.8) is 0 Å². The lowest BCUT2D eigenvalue weighted by atomic mass is 9.84. The molecule has 0 spiro atoms. The number of carbonyl (C=O) groups is 1. The van der Waals surface area contributed by atoms with E-state index in [0.29, 0.717) is 12.0 Å². The van der Waals surface area contributed by atoms with Crippen molar-refractivity contribution in [2.75, 3.05) is 13.1 Å². The van der Waals surface area contributed by atoms with E-state index in [1.807, 2.05) is 0 Å². The largest absolute Gasteiger partial charge is 0.353 e. The van der Waals surface area contributed by atoms with Gasteiger partial charge < -0.3 is 10.6 Å². The summed E-state index contributed by atoms with van der Waals surface area (Å²) in [5, 5.41) is 6.46. The van der Waals surface area contributed by atoms with Gasteiger partial charge in [0.15, 0.2) is 0 Å². The summed E-state index contributed by atoms with van der Waals surface area (Å²) in [6, 6.07) is 0.369. The molecule has 1 heterocycles. The van der Waals surface area contributed by atoms with Crippen LogP contribution < -0.4 is 10.6 Å². The van der Waals surface area contributed by atoms with Crippen LogP contribution in [0.2, 0.25) is 0 Å². The molecule has 1 aliphatic carbocycles. The molecule has 3 heteroatoms. The van der Waals surface area contributed by atoms with E-state index in [9.17, 15) is 4.79 Å². The number of carbonyl (C=O) groups excluding carboxylic acids is 1. The van der Waals surface area contributed by atoms with Gasteiger partial charge in [-0.15, -0.1) is 0 Å². The minimum absolute atomic E-state index is 0.214. The Balaban J connectivity index is 1.76. The molecule has 2 unspecified atom stereocenters. The first-order chi connectivity index (χ1) is 7.77. The first-order valence-corrected chi connectivity index (χ1v) is 6.78. The first kappa shape index (κ1) is 11.9. The minimum Gasteiger partial charge on any atom is -0.353 e. The van der Waals surface area contributed by atoms with E-state index >= 15 is 0 Å². The second-order valence-electron chi connectivity index (χ2n) is 5.39. The normalized spacial score (nSPS) is 28.9. The van der Waals surface area contributed by atoms with Crippen LogP contribution >= 0.6 is 0 Å². The Bertz CT molecular complexity index is 230. The molecule has 2 atom stereocenters. The third-order valence-corrected chi connectivity index (χ3v) is 4.16. The summed E-state index contributed by atoms with van der Waals surface area (Å²) < 4.78 is 0. The highest BCUT2D eigenvalue weighted by atomic mass is 16.2. The molecule has 2 rings (SSSR count). The highest BCUT2D eigenvalue weighted by molar-refractivity contribution is 5.79. The summed E-state index contributed by atoms with van der Waals surface area (Å²) in [5.74, 6) is 1.20. The van der Waals surface area contributed by atoms with E-state index in [1.165, 1.54) is 32.1 Å². The van der Waals surface area contributed by atoms with Gasteiger partial charge in [-0.2, -0.15) is 0 Å². The Hall–Kier alpha value is -0.570. The Kier molecular flexibility index (Phi) is 4.22. The maximum Gasteiger partial charge on any atom is 0.224 e. The maximum atomic E-state index is 11.9. The molecule has 3 nitrogen and oxygen atoms in total. The Labute approximate surface area is 98.4 Å². The summed E-state index contributed by atoms with van der Waals surface area (Å²) >= 11 is 0. The lowest BCUT2D eigenvalue weighted by molar-refractivity contribution is -0.125. The number of hydrogen-bond donors (Lipinski definition) is 2. The van der Waals surface area contributed by atoms with Gasteiger partial charge in [-0.3, -0.25) is 4.79 Å². The van der Waals surface area contributed by atoms with Crippen LogP contribution in [0.15, 0.2) is 0 Å². The molecule has 0 radical (unpaired) electrons. The fraction of sp³-hybridized carbons (Fsp3) is 0.923. The zero-order valence-corrected chi connectivity index (χ0v) is 10.3. The van der Waals surface area contributed by atoms with E-state index in [2.05, 4.69) is 17.6 Å². The van der Waals surface area contributed by atoms with Crippen molar-refractivity contribution in [3.8, 4) is 0 Å². The fourth-order valence-electron chi connectivity index (χ4n) is 2.97. The highest BCUT2D eigenvalue weighted by Gasteiger charge is 2.26. The van der Waals surface area contributed by atoms with Gasteiger partial charge in [-0.25, -0.2) is 0 Å². The van der Waals surface area contributed by atoms with E-state index < -0.39 is 0 Å². The molecule has 92 valence electrons. The molecule has 0 bridgehead atoms. The molecule has 0 aromatic heterocycles. The van der Waals surface area contributed by atoms with Crippen LogP contribution in [0, 0.1) is 11.8 Å². The number of nitrogens with one attached hydrogen (secondary N) is 2. The summed E-state index contributed by atoms with van der Waals surface area (Å²) in [6.45, 7) is 4.04. The molecule has 2 aliphatic rings. The molecule has 1 saturated carbocycles. The molecule has 0 aromatic carbocycles. The van der Waals surface area contributed by atoms with E-state index in [4.69, 9.17) is 0 Å². The number of hydrogen-bond acceptors (Lipinski definition) is 2. The van der Waals surface area contributed by atoms with Crippen LogP contribution in [0.4, 0.5) is 0 Å². The minimum atomic E-state index is 0.214. The van der Waals surface area contributed by atoms with Gasteiger partial charge in [0.1, 0.15) is 0 Å². The van der Waals surface area contributed by atoms with E-state index in [-0.39, 0.29) is 11.8 Å². The van der Waals surface area contributed by atoms with E-state index in [1.54, 1.807) is 0 Å². The number of rotatable bonds is 3. The van der Waals surface area contributed by atoms with Crippen LogP contribution in [0.3, 0.4) is 0 Å². The van der Waals surface area contributed by atoms with E-state index in [0.717, 1.165) is 19.5 Å². The summed E-state index contributed by atoms with van der Waals surface area (Å²) in [5.41, 5.74) is 0. The topological polar surface area (TPSA) is 41.1 Å². The smallest absolute Gasteiger partial charge is 0.224 e. The second-order valence-corrected chi connectivity index (χ2v) is 5.39. The Morgan fingerprint density at radius 3 is 2.62 bits per heavy atom. The molecule has 1 saturated heterocycles. The van der Waals surface area contributed by atoms with Gasteiger partial charge in [0.05, 0.1) is 5.92 Å². The first-order valence-electron chi connectivity index (χ1n) is 6.78. The van der Waals surface area contributed by atoms with Gasteiger partial charge in [0, 0.05) is 12.6 Å². The highest BCUT2D eigenvalue weighted by Crippen LogP contribution is 2.26. The molecular weight excluding hydrogens is 200 g/mol. The molecule has 2 fully saturated rings. The van der Waals surface area contributed by atoms with Crippen molar-refractivity contribution >= 4 is 5.91 Å². The summed E-state index contributed by atoms with van der Waals surface area (Å²) in [7, 11) is 0. The zero-order chi connectivity index (χ0) is 11.4. The van der Waals surface area contributed by atoms with Gasteiger partial charge in [0.2, 0.25) is 5.91 Å². The summed E-state index contributed by atoms with van der Waals surface area (Å²) in [4.78, 5) is 11.9. The van der Waals surface area contributed by atoms with Crippen molar-refractivity contribution in [1.29, 1.82) is 0 Å². The van der Waals surface area contributed by atoms with Gasteiger partial charge >= 0.3 is 0 Å². The van der Waals surface area contributed by atoms with Gasteiger partial charge in [-0.1, -0.05) is 19.3 Å². The molecule has 0 aromatic rings. The van der Waals surface area contributed by atoms with Crippen molar-refractivity contribution in [2.24, 2.45) is 11.8 Å². The lowest BCUT2D eigenvalue weighted by Gasteiger charge is -2.29. The predicted molar refractivity (Wildman–Crippen MR) is 65.2 cm³/mol. The summed E-state index contributed by atoms with van der Waals surface area (Å²) in [6.07, 6.45) is 7.66. The third kappa shape index (κ3) is 2.97. The average molecular weight is 224 g/mol. The fourth-order valence-corrected chi connectivity index (χ4v) is 2.97. The van der Waals surface area contributed by atoms with Crippen molar-refractivity contribution in [3.05, 3.63) is 0 Å². The third-order valence-electron chi connectivity index (χ3n) is 4.16. The zero-order valence-electron chi connectivity index (χ0n) is 10.3. The molecular formula is C13H24N2O. The Morgan fingerprint density at radius 2 is 2.00 bits per heavy atom. The van der Waals surface area contributed by atoms with Crippen molar-refractivity contribution < 1.29 is 4.79 Å². The molecule has 1 aliphatic heterocycles. The van der Waals surface area contributed by atoms with Crippen LogP contribution in [-0.4, -0.2) is 25.0 Å². The lowest BCUT2D eigenvalue weighted by Crippen LogP contribution is -2.42. The SMILES string of the molecule is CC(NC(=O)C1CCNC1)C1CCCCC1. The van der Waals surface area contributed by atoms with Gasteiger partial charge in [0.25, 0.3) is 0 Å². The average Bonchev–Trinajstić information content (AvgIpc) is 2.83. The molecule has 1 amide bonds. The maximum absolute atomic E-state index is 11.9. The quantitative estimate of drug-likeness (QED) is 0.766. The number of amides is 1. The molecule has 2 N–H and O–H groups in total. The monoisotopic (exact) mass is 224 g/mol. The van der Waals surface area contributed by atoms with Crippen molar-refractivity contribution in [2.45, 2.75) is 51.5 Å². The van der Waals surface area contributed by atoms with Crippen LogP contribution in [0.1, 0.15) is 45.4 Å². The Morgan fingerprint density at radius 1 is 1.25 bits per heavy atom. The van der Waals surface area contributed by atoms with Gasteiger partial charge in [-0.05, 0) is 38.6 Å². The van der Waals surface area contributed by atoms with Crippen molar-refractivity contribution in [1.82, 2.24) is 10.6 Å². The van der Waals surface area contributed by atoms with Crippen LogP contribution in [0.25, 0.3) is 0 Å². The van der Waals surface area contributed by atoms with Crippen LogP contribution in [0.5, 0.6) is 0 Å². The standard InChI is InChI=1S/C13H24N2O/c1-10(11-5-3-2-4-6-11)15-13(16)12-7-8-14-9-12/h10-12,14H,2-9H2,1H3,(H,15,16). The molecule has 16 heavy (non-hydrogen) atoms. The van der Waals surface area contributed by atoms with Crippen LogP contribution in [-0.2, 0) is 4.79 Å².